The lowest BCUT2D eigenvalue weighted by atomic mass is 9.93. The Hall–Kier alpha value is -2.63. The van der Waals surface area contributed by atoms with E-state index in [1.54, 1.807) is 6.92 Å². The topological polar surface area (TPSA) is 75.3 Å². The lowest BCUT2D eigenvalue weighted by molar-refractivity contribution is -0.124. The van der Waals surface area contributed by atoms with Crippen LogP contribution in [-0.2, 0) is 22.4 Å². The van der Waals surface area contributed by atoms with Gasteiger partial charge >= 0.3 is 0 Å². The molecule has 0 saturated heterocycles. The third kappa shape index (κ3) is 12.7. The van der Waals surface area contributed by atoms with Crippen molar-refractivity contribution in [2.24, 2.45) is 11.8 Å². The van der Waals surface area contributed by atoms with Gasteiger partial charge in [0.1, 0.15) is 0 Å². The van der Waals surface area contributed by atoms with Crippen LogP contribution in [0.1, 0.15) is 109 Å². The van der Waals surface area contributed by atoms with E-state index < -0.39 is 0 Å². The molecule has 0 spiro atoms. The molecule has 0 aromatic heterocycles. The zero-order chi connectivity index (χ0) is 30.6. The summed E-state index contributed by atoms with van der Waals surface area (Å²) in [4.78, 5) is 35.8. The van der Waals surface area contributed by atoms with E-state index in [0.29, 0.717) is 29.7 Å². The third-order valence-corrected chi connectivity index (χ3v) is 6.78. The lowest BCUT2D eigenvalue weighted by Crippen LogP contribution is -2.44. The number of hydrogen-bond acceptors (Lipinski definition) is 5. The third-order valence-electron chi connectivity index (χ3n) is 6.78. The number of carbonyl (C=O) groups is 3. The van der Waals surface area contributed by atoms with Gasteiger partial charge in [-0.3, -0.25) is 14.4 Å². The van der Waals surface area contributed by atoms with Crippen molar-refractivity contribution in [1.82, 2.24) is 10.6 Å². The Balaban J connectivity index is 0.000000400. The van der Waals surface area contributed by atoms with Crippen LogP contribution in [-0.4, -0.2) is 41.5 Å². The zero-order valence-corrected chi connectivity index (χ0v) is 26.8. The van der Waals surface area contributed by atoms with Crippen LogP contribution in [0.2, 0.25) is 0 Å². The van der Waals surface area contributed by atoms with E-state index in [1.165, 1.54) is 11.1 Å². The van der Waals surface area contributed by atoms with Crippen molar-refractivity contribution in [3.63, 3.8) is 0 Å². The van der Waals surface area contributed by atoms with E-state index in [-0.39, 0.29) is 41.5 Å². The van der Waals surface area contributed by atoms with Gasteiger partial charge in [0.05, 0.1) is 12.1 Å². The summed E-state index contributed by atoms with van der Waals surface area (Å²) in [6, 6.07) is 16.5. The molecule has 2 atom stereocenters. The monoisotopic (exact) mass is 550 g/mol. The maximum absolute atomic E-state index is 12.3. The number of ketones is 3. The fourth-order valence-electron chi connectivity index (χ4n) is 4.48. The summed E-state index contributed by atoms with van der Waals surface area (Å²) in [5.41, 5.74) is 4.35. The van der Waals surface area contributed by atoms with Crippen molar-refractivity contribution in [3.05, 3.63) is 70.8 Å². The minimum atomic E-state index is -0.168. The average molecular weight is 551 g/mol. The molecule has 0 saturated carbocycles. The highest BCUT2D eigenvalue weighted by atomic mass is 16.1. The van der Waals surface area contributed by atoms with E-state index >= 15 is 0 Å². The Morgan fingerprint density at radius 3 is 1.20 bits per heavy atom. The molecule has 0 aliphatic carbocycles. The van der Waals surface area contributed by atoms with Crippen molar-refractivity contribution in [2.75, 3.05) is 0 Å². The van der Waals surface area contributed by atoms with Crippen LogP contribution in [0.4, 0.5) is 0 Å². The van der Waals surface area contributed by atoms with Gasteiger partial charge in [0, 0.05) is 29.5 Å². The first kappa shape index (κ1) is 35.4. The molecule has 0 bridgehead atoms. The van der Waals surface area contributed by atoms with Crippen molar-refractivity contribution in [2.45, 2.75) is 119 Å². The van der Waals surface area contributed by atoms with Gasteiger partial charge < -0.3 is 10.6 Å². The maximum Gasteiger partial charge on any atom is 0.159 e. The molecule has 2 unspecified atom stereocenters. The highest BCUT2D eigenvalue weighted by molar-refractivity contribution is 5.94. The Labute approximate surface area is 243 Å². The minimum absolute atomic E-state index is 0.0164. The second-order valence-corrected chi connectivity index (χ2v) is 12.4. The second kappa shape index (κ2) is 17.2. The number of carbonyl (C=O) groups excluding carboxylic acids is 3. The summed E-state index contributed by atoms with van der Waals surface area (Å²) >= 11 is 0. The van der Waals surface area contributed by atoms with E-state index in [0.717, 1.165) is 12.0 Å². The van der Waals surface area contributed by atoms with Crippen LogP contribution in [0.25, 0.3) is 0 Å². The second-order valence-electron chi connectivity index (χ2n) is 12.4. The zero-order valence-electron chi connectivity index (χ0n) is 26.8. The van der Waals surface area contributed by atoms with Crippen molar-refractivity contribution in [1.29, 1.82) is 0 Å². The highest BCUT2D eigenvalue weighted by Crippen LogP contribution is 2.17. The van der Waals surface area contributed by atoms with Gasteiger partial charge in [-0.25, -0.2) is 0 Å². The van der Waals surface area contributed by atoms with Gasteiger partial charge in [-0.05, 0) is 42.4 Å². The largest absolute Gasteiger partial charge is 0.305 e. The van der Waals surface area contributed by atoms with Crippen LogP contribution in [0.15, 0.2) is 48.5 Å². The molecule has 0 amide bonds. The van der Waals surface area contributed by atoms with Crippen molar-refractivity contribution >= 4 is 17.3 Å². The molecule has 0 aliphatic heterocycles. The predicted molar refractivity (Wildman–Crippen MR) is 168 cm³/mol. The molecule has 2 aromatic carbocycles. The molecule has 2 rings (SSSR count). The molecule has 2 N–H and O–H groups in total. The van der Waals surface area contributed by atoms with Gasteiger partial charge in [-0.2, -0.15) is 0 Å². The smallest absolute Gasteiger partial charge is 0.159 e. The fourth-order valence-corrected chi connectivity index (χ4v) is 4.48. The van der Waals surface area contributed by atoms with Crippen LogP contribution in [0.5, 0.6) is 0 Å². The van der Waals surface area contributed by atoms with E-state index in [2.05, 4.69) is 62.6 Å². The molecule has 2 aromatic rings. The summed E-state index contributed by atoms with van der Waals surface area (Å²) in [6.07, 6.45) is 1.43. The lowest BCUT2D eigenvalue weighted by Gasteiger charge is -2.22. The molecule has 0 fully saturated rings. The molecule has 0 radical (unpaired) electrons. The SMILES string of the molecule is CC(=O)c1ccc(CC(NC(C)C)C(=O)C(C)C)cc1.CC(C)NC(Cc1ccc(C(C)C)cc1)C(=O)C(C)C. The van der Waals surface area contributed by atoms with Crippen LogP contribution < -0.4 is 10.6 Å². The number of Topliss-reactive ketones (excluding diaryl/α,β-unsaturated/α-hetero) is 3. The highest BCUT2D eigenvalue weighted by Gasteiger charge is 2.23. The Bertz CT molecular complexity index is 1050. The first-order valence-corrected chi connectivity index (χ1v) is 14.9. The molecular weight excluding hydrogens is 496 g/mol. The Morgan fingerprint density at radius 2 is 0.925 bits per heavy atom. The van der Waals surface area contributed by atoms with Gasteiger partial charge in [-0.15, -0.1) is 0 Å². The van der Waals surface area contributed by atoms with E-state index in [4.69, 9.17) is 0 Å². The molecule has 40 heavy (non-hydrogen) atoms. The first-order valence-electron chi connectivity index (χ1n) is 14.9. The molecule has 222 valence electrons. The van der Waals surface area contributed by atoms with Gasteiger partial charge in [0.15, 0.2) is 17.3 Å². The Kier molecular flexibility index (Phi) is 15.3. The summed E-state index contributed by atoms with van der Waals surface area (Å²) in [6.45, 7) is 22.0. The molecule has 5 heteroatoms. The Morgan fingerprint density at radius 1 is 0.575 bits per heavy atom. The van der Waals surface area contributed by atoms with E-state index in [1.807, 2.05) is 65.8 Å². The molecule has 0 aliphatic rings. The quantitative estimate of drug-likeness (QED) is 0.249. The number of hydrogen-bond donors (Lipinski definition) is 2. The van der Waals surface area contributed by atoms with Gasteiger partial charge in [0.25, 0.3) is 0 Å². The van der Waals surface area contributed by atoms with Crippen molar-refractivity contribution in [3.8, 4) is 0 Å². The van der Waals surface area contributed by atoms with Gasteiger partial charge in [0.2, 0.25) is 0 Å². The standard InChI is InChI=1S/C18H29NO.C17H25NO2/c1-12(2)16-9-7-15(8-10-16)11-17(19-14(5)6)18(20)13(3)4;1-11(2)17(20)16(18-12(3)4)10-14-6-8-15(9-7-14)13(5)19/h7-10,12-14,17,19H,11H2,1-6H3;6-9,11-12,16,18H,10H2,1-5H3. The normalized spacial score (nSPS) is 13.0. The first-order chi connectivity index (χ1) is 18.6. The fraction of sp³-hybridized carbons (Fsp3) is 0.571. The molecule has 5 nitrogen and oxygen atoms in total. The number of rotatable bonds is 14. The summed E-state index contributed by atoms with van der Waals surface area (Å²) in [7, 11) is 0. The van der Waals surface area contributed by atoms with Crippen LogP contribution >= 0.6 is 0 Å². The molecular formula is C35H54N2O3. The number of benzene rings is 2. The van der Waals surface area contributed by atoms with Crippen molar-refractivity contribution < 1.29 is 14.4 Å². The minimum Gasteiger partial charge on any atom is -0.305 e. The average Bonchev–Trinajstić information content (AvgIpc) is 2.87. The maximum atomic E-state index is 12.3. The van der Waals surface area contributed by atoms with Crippen LogP contribution in [0, 0.1) is 11.8 Å². The molecule has 0 heterocycles. The van der Waals surface area contributed by atoms with E-state index in [9.17, 15) is 14.4 Å². The summed E-state index contributed by atoms with van der Waals surface area (Å²) < 4.78 is 0. The summed E-state index contributed by atoms with van der Waals surface area (Å²) in [5, 5.41) is 6.73. The van der Waals surface area contributed by atoms with Gasteiger partial charge in [-0.1, -0.05) is 118 Å². The number of nitrogens with one attached hydrogen (secondary N) is 2. The summed E-state index contributed by atoms with van der Waals surface area (Å²) in [5.74, 6) is 1.22. The predicted octanol–water partition coefficient (Wildman–Crippen LogP) is 6.97. The van der Waals surface area contributed by atoms with Crippen LogP contribution in [0.3, 0.4) is 0 Å².